The van der Waals surface area contributed by atoms with Crippen LogP contribution in [0.5, 0.6) is 0 Å². The first-order valence-corrected chi connectivity index (χ1v) is 7.92. The Morgan fingerprint density at radius 2 is 1.96 bits per heavy atom. The summed E-state index contributed by atoms with van der Waals surface area (Å²) in [5, 5.41) is 5.35. The van der Waals surface area contributed by atoms with Crippen molar-refractivity contribution in [1.82, 2.24) is 19.8 Å². The molecular weight excluding hydrogens is 315 g/mol. The summed E-state index contributed by atoms with van der Waals surface area (Å²) in [4.78, 5) is 36.1. The molecule has 3 heterocycles. The van der Waals surface area contributed by atoms with Crippen LogP contribution in [0.2, 0.25) is 0 Å². The molecule has 24 heavy (non-hydrogen) atoms. The van der Waals surface area contributed by atoms with E-state index >= 15 is 0 Å². The molecule has 4 rings (SSSR count). The fraction of sp³-hybridized carbons (Fsp3) is 0.438. The molecule has 1 unspecified atom stereocenters. The van der Waals surface area contributed by atoms with Gasteiger partial charge in [0.05, 0.1) is 5.52 Å². The normalized spacial score (nSPS) is 21.8. The van der Waals surface area contributed by atoms with Crippen LogP contribution in [0.3, 0.4) is 0 Å². The van der Waals surface area contributed by atoms with Crippen LogP contribution in [0.15, 0.2) is 16.9 Å². The van der Waals surface area contributed by atoms with E-state index in [-0.39, 0.29) is 30.2 Å². The van der Waals surface area contributed by atoms with E-state index in [1.54, 1.807) is 12.1 Å². The maximum atomic E-state index is 15.0. The highest BCUT2D eigenvalue weighted by molar-refractivity contribution is 6.00. The highest BCUT2D eigenvalue weighted by Gasteiger charge is 2.33. The van der Waals surface area contributed by atoms with Gasteiger partial charge in [-0.25, -0.2) is 9.18 Å². The lowest BCUT2D eigenvalue weighted by Crippen LogP contribution is -2.44. The molecule has 126 valence electrons. The van der Waals surface area contributed by atoms with E-state index in [1.165, 1.54) is 16.2 Å². The number of imide groups is 1. The van der Waals surface area contributed by atoms with Gasteiger partial charge < -0.3 is 5.32 Å². The van der Waals surface area contributed by atoms with Gasteiger partial charge >= 0.3 is 5.69 Å². The van der Waals surface area contributed by atoms with Gasteiger partial charge in [-0.15, -0.1) is 0 Å². The molecule has 0 radical (unpaired) electrons. The number of carbonyl (C=O) groups excluding carboxylic acids is 2. The second-order valence-electron chi connectivity index (χ2n) is 6.37. The van der Waals surface area contributed by atoms with Crippen LogP contribution in [-0.2, 0) is 16.6 Å². The summed E-state index contributed by atoms with van der Waals surface area (Å²) in [6.07, 6.45) is 0.396. The summed E-state index contributed by atoms with van der Waals surface area (Å²) in [5.41, 5.74) is 0.708. The number of halogens is 1. The molecule has 2 saturated heterocycles. The van der Waals surface area contributed by atoms with Crippen molar-refractivity contribution in [3.8, 4) is 0 Å². The molecule has 0 bridgehead atoms. The zero-order valence-corrected chi connectivity index (χ0v) is 13.1. The zero-order valence-electron chi connectivity index (χ0n) is 13.1. The van der Waals surface area contributed by atoms with Crippen LogP contribution >= 0.6 is 0 Å². The van der Waals surface area contributed by atoms with Gasteiger partial charge in [-0.1, -0.05) is 6.07 Å². The van der Waals surface area contributed by atoms with Crippen LogP contribution in [0.4, 0.5) is 4.39 Å². The summed E-state index contributed by atoms with van der Waals surface area (Å²) in [5.74, 6) is -1.18. The number of rotatable bonds is 2. The van der Waals surface area contributed by atoms with Gasteiger partial charge in [0.15, 0.2) is 5.82 Å². The van der Waals surface area contributed by atoms with Crippen LogP contribution < -0.4 is 16.3 Å². The molecule has 2 aliphatic heterocycles. The Morgan fingerprint density at radius 1 is 1.21 bits per heavy atom. The summed E-state index contributed by atoms with van der Waals surface area (Å²) < 4.78 is 17.5. The SMILES string of the molecule is Cn1c(=O)n(C2CCC(=O)NC2=O)c2ccc(C3CNC3)c(F)c21. The van der Waals surface area contributed by atoms with E-state index < -0.39 is 23.5 Å². The lowest BCUT2D eigenvalue weighted by Gasteiger charge is -2.28. The number of carbonyl (C=O) groups is 2. The van der Waals surface area contributed by atoms with Crippen molar-refractivity contribution in [3.05, 3.63) is 34.0 Å². The Kier molecular flexibility index (Phi) is 3.31. The van der Waals surface area contributed by atoms with Crippen molar-refractivity contribution in [1.29, 1.82) is 0 Å². The maximum Gasteiger partial charge on any atom is 0.329 e. The van der Waals surface area contributed by atoms with Crippen LogP contribution in [0, 0.1) is 5.82 Å². The molecule has 1 atom stereocenters. The summed E-state index contributed by atoms with van der Waals surface area (Å²) in [6.45, 7) is 1.43. The van der Waals surface area contributed by atoms with Crippen LogP contribution in [0.1, 0.15) is 30.4 Å². The molecule has 0 saturated carbocycles. The number of nitrogens with zero attached hydrogens (tertiary/aromatic N) is 2. The van der Waals surface area contributed by atoms with E-state index in [9.17, 15) is 18.8 Å². The van der Waals surface area contributed by atoms with Gasteiger partial charge in [0.1, 0.15) is 11.6 Å². The van der Waals surface area contributed by atoms with Crippen LogP contribution in [0.25, 0.3) is 11.0 Å². The Labute approximate surface area is 136 Å². The number of hydrogen-bond donors (Lipinski definition) is 2. The summed E-state index contributed by atoms with van der Waals surface area (Å²) in [7, 11) is 1.50. The average Bonchev–Trinajstić information content (AvgIpc) is 2.73. The molecule has 2 aromatic rings. The largest absolute Gasteiger partial charge is 0.329 e. The molecular formula is C16H17FN4O3. The van der Waals surface area contributed by atoms with Gasteiger partial charge in [0.25, 0.3) is 0 Å². The second kappa shape index (κ2) is 5.27. The van der Waals surface area contributed by atoms with E-state index in [2.05, 4.69) is 10.6 Å². The van der Waals surface area contributed by atoms with Crippen LogP contribution in [-0.4, -0.2) is 34.0 Å². The third kappa shape index (κ3) is 2.02. The van der Waals surface area contributed by atoms with Crippen molar-refractivity contribution in [2.45, 2.75) is 24.8 Å². The van der Waals surface area contributed by atoms with Gasteiger partial charge in [0.2, 0.25) is 11.8 Å². The lowest BCUT2D eigenvalue weighted by atomic mass is 9.93. The third-order valence-electron chi connectivity index (χ3n) is 4.96. The molecule has 2 N–H and O–H groups in total. The Hall–Kier alpha value is -2.48. The van der Waals surface area contributed by atoms with Crippen molar-refractivity contribution < 1.29 is 14.0 Å². The number of piperidine rings is 1. The third-order valence-corrected chi connectivity index (χ3v) is 4.96. The van der Waals surface area contributed by atoms with Crippen molar-refractivity contribution in [2.75, 3.05) is 13.1 Å². The van der Waals surface area contributed by atoms with E-state index in [0.29, 0.717) is 24.2 Å². The van der Waals surface area contributed by atoms with Gasteiger partial charge in [-0.3, -0.25) is 24.0 Å². The average molecular weight is 332 g/mol. The minimum atomic E-state index is -0.797. The van der Waals surface area contributed by atoms with E-state index in [1.807, 2.05) is 0 Å². The Balaban J connectivity index is 1.89. The quantitative estimate of drug-likeness (QED) is 0.767. The smallest absolute Gasteiger partial charge is 0.315 e. The molecule has 2 aliphatic rings. The number of imidazole rings is 1. The van der Waals surface area contributed by atoms with Crippen molar-refractivity contribution in [2.24, 2.45) is 7.05 Å². The Morgan fingerprint density at radius 3 is 2.58 bits per heavy atom. The topological polar surface area (TPSA) is 85.1 Å². The number of benzene rings is 1. The maximum absolute atomic E-state index is 15.0. The molecule has 8 heteroatoms. The minimum absolute atomic E-state index is 0.100. The predicted octanol–water partition coefficient (Wildman–Crippen LogP) is 0.144. The molecule has 2 fully saturated rings. The second-order valence-corrected chi connectivity index (χ2v) is 6.37. The van der Waals surface area contributed by atoms with E-state index in [4.69, 9.17) is 0 Å². The minimum Gasteiger partial charge on any atom is -0.315 e. The monoisotopic (exact) mass is 332 g/mol. The number of aromatic nitrogens is 2. The number of aryl methyl sites for hydroxylation is 1. The summed E-state index contributed by atoms with van der Waals surface area (Å²) in [6, 6.07) is 2.58. The first-order chi connectivity index (χ1) is 11.5. The first kappa shape index (κ1) is 15.1. The van der Waals surface area contributed by atoms with Gasteiger partial charge in [-0.05, 0) is 18.1 Å². The van der Waals surface area contributed by atoms with Crippen molar-refractivity contribution >= 4 is 22.8 Å². The van der Waals surface area contributed by atoms with Crippen molar-refractivity contribution in [3.63, 3.8) is 0 Å². The molecule has 1 aromatic carbocycles. The fourth-order valence-electron chi connectivity index (χ4n) is 3.50. The lowest BCUT2D eigenvalue weighted by molar-refractivity contribution is -0.135. The fourth-order valence-corrected chi connectivity index (χ4v) is 3.50. The molecule has 1 aromatic heterocycles. The standard InChI is InChI=1S/C16H17FN4O3/c1-20-14-10(3-2-9(13(14)17)8-6-18-7-8)21(16(20)24)11-4-5-12(22)19-15(11)23/h2-3,8,11,18H,4-7H2,1H3,(H,19,22,23). The zero-order chi connectivity index (χ0) is 17.0. The molecule has 0 spiro atoms. The molecule has 2 amide bonds. The number of hydrogen-bond acceptors (Lipinski definition) is 4. The predicted molar refractivity (Wildman–Crippen MR) is 84.2 cm³/mol. The van der Waals surface area contributed by atoms with E-state index in [0.717, 1.165) is 0 Å². The van der Waals surface area contributed by atoms with Gasteiger partial charge in [-0.2, -0.15) is 0 Å². The highest BCUT2D eigenvalue weighted by Crippen LogP contribution is 2.30. The Bertz CT molecular complexity index is 926. The highest BCUT2D eigenvalue weighted by atomic mass is 19.1. The molecule has 0 aliphatic carbocycles. The number of fused-ring (bicyclic) bond motifs is 1. The summed E-state index contributed by atoms with van der Waals surface area (Å²) >= 11 is 0. The number of nitrogens with one attached hydrogen (secondary N) is 2. The molecule has 7 nitrogen and oxygen atoms in total. The first-order valence-electron chi connectivity index (χ1n) is 7.92. The van der Waals surface area contributed by atoms with Gasteiger partial charge in [0, 0.05) is 32.5 Å². The number of amides is 2.